The van der Waals surface area contributed by atoms with Gasteiger partial charge in [-0.15, -0.1) is 0 Å². The van der Waals surface area contributed by atoms with Crippen molar-refractivity contribution in [3.63, 3.8) is 0 Å². The fourth-order valence-corrected chi connectivity index (χ4v) is 2.70. The molecule has 0 N–H and O–H groups in total. The Morgan fingerprint density at radius 2 is 2.16 bits per heavy atom. The minimum absolute atomic E-state index is 0.0751. The van der Waals surface area contributed by atoms with E-state index in [4.69, 9.17) is 9.15 Å². The molecule has 0 aliphatic rings. The summed E-state index contributed by atoms with van der Waals surface area (Å²) in [6.07, 6.45) is 0. The van der Waals surface area contributed by atoms with Crippen LogP contribution in [-0.2, 0) is 0 Å². The van der Waals surface area contributed by atoms with Crippen LogP contribution in [0.25, 0.3) is 11.0 Å². The molecule has 0 atom stereocenters. The van der Waals surface area contributed by atoms with E-state index in [0.717, 1.165) is 16.7 Å². The first kappa shape index (κ1) is 12.0. The van der Waals surface area contributed by atoms with Crippen molar-refractivity contribution in [3.8, 4) is 5.75 Å². The SMILES string of the molecule is COc1ccc2oc(C(=O)c3ccsc3)c(C)c2c1. The van der Waals surface area contributed by atoms with Gasteiger partial charge in [0.25, 0.3) is 0 Å². The summed E-state index contributed by atoms with van der Waals surface area (Å²) in [6, 6.07) is 7.34. The van der Waals surface area contributed by atoms with Crippen molar-refractivity contribution in [2.24, 2.45) is 0 Å². The van der Waals surface area contributed by atoms with Gasteiger partial charge in [-0.25, -0.2) is 0 Å². The molecule has 2 aromatic heterocycles. The summed E-state index contributed by atoms with van der Waals surface area (Å²) >= 11 is 1.50. The Bertz CT molecular complexity index is 738. The number of aryl methyl sites for hydroxylation is 1. The van der Waals surface area contributed by atoms with E-state index in [1.807, 2.05) is 35.9 Å². The monoisotopic (exact) mass is 272 g/mol. The summed E-state index contributed by atoms with van der Waals surface area (Å²) in [4.78, 5) is 12.3. The van der Waals surface area contributed by atoms with Gasteiger partial charge in [0.15, 0.2) is 5.76 Å². The quantitative estimate of drug-likeness (QED) is 0.675. The Kier molecular flexibility index (Phi) is 2.87. The molecule has 0 saturated heterocycles. The molecule has 19 heavy (non-hydrogen) atoms. The molecule has 0 amide bonds. The fraction of sp³-hybridized carbons (Fsp3) is 0.133. The molecule has 0 fully saturated rings. The average molecular weight is 272 g/mol. The number of benzene rings is 1. The number of hydrogen-bond acceptors (Lipinski definition) is 4. The van der Waals surface area contributed by atoms with Crippen LogP contribution >= 0.6 is 11.3 Å². The summed E-state index contributed by atoms with van der Waals surface area (Å²) in [6.45, 7) is 1.89. The Morgan fingerprint density at radius 3 is 2.84 bits per heavy atom. The molecule has 0 radical (unpaired) electrons. The number of methoxy groups -OCH3 is 1. The largest absolute Gasteiger partial charge is 0.497 e. The van der Waals surface area contributed by atoms with E-state index < -0.39 is 0 Å². The molecule has 3 nitrogen and oxygen atoms in total. The second-order valence-electron chi connectivity index (χ2n) is 4.26. The third-order valence-corrected chi connectivity index (χ3v) is 3.82. The summed E-state index contributed by atoms with van der Waals surface area (Å²) < 4.78 is 10.9. The highest BCUT2D eigenvalue weighted by atomic mass is 32.1. The second kappa shape index (κ2) is 4.55. The molecule has 0 bridgehead atoms. The Labute approximate surface area is 114 Å². The van der Waals surface area contributed by atoms with E-state index in [9.17, 15) is 4.79 Å². The summed E-state index contributed by atoms with van der Waals surface area (Å²) in [5, 5.41) is 4.63. The smallest absolute Gasteiger partial charge is 0.229 e. The van der Waals surface area contributed by atoms with Gasteiger partial charge >= 0.3 is 0 Å². The molecular formula is C15H12O3S. The lowest BCUT2D eigenvalue weighted by molar-refractivity contribution is 0.101. The average Bonchev–Trinajstić information content (AvgIpc) is 3.06. The molecular weight excluding hydrogens is 260 g/mol. The normalized spacial score (nSPS) is 10.8. The molecule has 0 aliphatic heterocycles. The van der Waals surface area contributed by atoms with Crippen molar-refractivity contribution in [3.05, 3.63) is 51.9 Å². The molecule has 2 heterocycles. The standard InChI is InChI=1S/C15H12O3S/c1-9-12-7-11(17-2)3-4-13(12)18-15(9)14(16)10-5-6-19-8-10/h3-8H,1-2H3. The van der Waals surface area contributed by atoms with Crippen LogP contribution in [0.3, 0.4) is 0 Å². The third kappa shape index (κ3) is 1.94. The van der Waals surface area contributed by atoms with E-state index in [1.54, 1.807) is 13.2 Å². The topological polar surface area (TPSA) is 39.4 Å². The van der Waals surface area contributed by atoms with Gasteiger partial charge in [0, 0.05) is 21.9 Å². The van der Waals surface area contributed by atoms with Crippen molar-refractivity contribution in [1.82, 2.24) is 0 Å². The summed E-state index contributed by atoms with van der Waals surface area (Å²) in [5.74, 6) is 1.08. The van der Waals surface area contributed by atoms with Gasteiger partial charge in [-0.05, 0) is 36.6 Å². The first-order valence-electron chi connectivity index (χ1n) is 5.84. The zero-order chi connectivity index (χ0) is 13.4. The molecule has 1 aromatic carbocycles. The predicted octanol–water partition coefficient (Wildman–Crippen LogP) is 4.04. The zero-order valence-corrected chi connectivity index (χ0v) is 11.4. The number of furan rings is 1. The Morgan fingerprint density at radius 1 is 1.32 bits per heavy atom. The molecule has 3 aromatic rings. The fourth-order valence-electron chi connectivity index (χ4n) is 2.07. The van der Waals surface area contributed by atoms with Crippen molar-refractivity contribution >= 4 is 28.1 Å². The third-order valence-electron chi connectivity index (χ3n) is 3.13. The maximum Gasteiger partial charge on any atom is 0.229 e. The lowest BCUT2D eigenvalue weighted by Gasteiger charge is -1.97. The number of carbonyl (C=O) groups excluding carboxylic acids is 1. The molecule has 4 heteroatoms. The molecule has 3 rings (SSSR count). The van der Waals surface area contributed by atoms with Crippen LogP contribution in [0.5, 0.6) is 5.75 Å². The van der Waals surface area contributed by atoms with Gasteiger partial charge in [0.1, 0.15) is 11.3 Å². The summed E-state index contributed by atoms with van der Waals surface area (Å²) in [5.41, 5.74) is 2.22. The van der Waals surface area contributed by atoms with E-state index in [1.165, 1.54) is 11.3 Å². The van der Waals surface area contributed by atoms with Gasteiger partial charge in [-0.2, -0.15) is 11.3 Å². The highest BCUT2D eigenvalue weighted by molar-refractivity contribution is 7.08. The minimum Gasteiger partial charge on any atom is -0.497 e. The zero-order valence-electron chi connectivity index (χ0n) is 10.6. The van der Waals surface area contributed by atoms with E-state index in [-0.39, 0.29) is 5.78 Å². The number of hydrogen-bond donors (Lipinski definition) is 0. The number of carbonyl (C=O) groups is 1. The van der Waals surface area contributed by atoms with Crippen molar-refractivity contribution < 1.29 is 13.9 Å². The van der Waals surface area contributed by atoms with Crippen LogP contribution in [0.1, 0.15) is 21.7 Å². The summed E-state index contributed by atoms with van der Waals surface area (Å²) in [7, 11) is 1.62. The Hall–Kier alpha value is -2.07. The van der Waals surface area contributed by atoms with Crippen LogP contribution < -0.4 is 4.74 Å². The molecule has 0 spiro atoms. The highest BCUT2D eigenvalue weighted by Crippen LogP contribution is 2.30. The number of ether oxygens (including phenoxy) is 1. The van der Waals surface area contributed by atoms with Gasteiger partial charge in [-0.3, -0.25) is 4.79 Å². The number of fused-ring (bicyclic) bond motifs is 1. The van der Waals surface area contributed by atoms with E-state index >= 15 is 0 Å². The minimum atomic E-state index is -0.0751. The van der Waals surface area contributed by atoms with Crippen LogP contribution in [0.4, 0.5) is 0 Å². The predicted molar refractivity (Wildman–Crippen MR) is 75.3 cm³/mol. The van der Waals surface area contributed by atoms with Gasteiger partial charge in [-0.1, -0.05) is 0 Å². The second-order valence-corrected chi connectivity index (χ2v) is 5.04. The number of rotatable bonds is 3. The van der Waals surface area contributed by atoms with Gasteiger partial charge in [0.05, 0.1) is 7.11 Å². The van der Waals surface area contributed by atoms with Crippen LogP contribution in [-0.4, -0.2) is 12.9 Å². The number of thiophene rings is 1. The lowest BCUT2D eigenvalue weighted by Crippen LogP contribution is -1.99. The molecule has 96 valence electrons. The van der Waals surface area contributed by atoms with Crippen LogP contribution in [0.2, 0.25) is 0 Å². The maximum absolute atomic E-state index is 12.3. The molecule has 0 unspecified atom stereocenters. The van der Waals surface area contributed by atoms with Gasteiger partial charge < -0.3 is 9.15 Å². The van der Waals surface area contributed by atoms with Crippen LogP contribution in [0, 0.1) is 6.92 Å². The number of ketones is 1. The van der Waals surface area contributed by atoms with Crippen molar-refractivity contribution in [1.29, 1.82) is 0 Å². The first-order chi connectivity index (χ1) is 9.20. The van der Waals surface area contributed by atoms with Crippen LogP contribution in [0.15, 0.2) is 39.4 Å². The Balaban J connectivity index is 2.15. The molecule has 0 saturated carbocycles. The first-order valence-corrected chi connectivity index (χ1v) is 6.79. The van der Waals surface area contributed by atoms with Gasteiger partial charge in [0.2, 0.25) is 5.78 Å². The van der Waals surface area contributed by atoms with E-state index in [2.05, 4.69) is 0 Å². The maximum atomic E-state index is 12.3. The van der Waals surface area contributed by atoms with Crippen molar-refractivity contribution in [2.75, 3.05) is 7.11 Å². The lowest BCUT2D eigenvalue weighted by atomic mass is 10.1. The van der Waals surface area contributed by atoms with Crippen molar-refractivity contribution in [2.45, 2.75) is 6.92 Å². The highest BCUT2D eigenvalue weighted by Gasteiger charge is 2.19. The van der Waals surface area contributed by atoms with E-state index in [0.29, 0.717) is 16.9 Å². The molecule has 0 aliphatic carbocycles.